The van der Waals surface area contributed by atoms with Gasteiger partial charge in [0.15, 0.2) is 0 Å². The number of benzene rings is 2. The highest BCUT2D eigenvalue weighted by atomic mass is 35.5. The lowest BCUT2D eigenvalue weighted by molar-refractivity contribution is -0.116. The van der Waals surface area contributed by atoms with Gasteiger partial charge >= 0.3 is 0 Å². The highest BCUT2D eigenvalue weighted by molar-refractivity contribution is 6.42. The summed E-state index contributed by atoms with van der Waals surface area (Å²) in [5.74, 6) is 0.00688. The standard InChI is InChI=1S/C29H36Cl2N4O2/c1-6-8-9-10-20-11-13-21(14-12-20)28(37)34(7-2)19-27(36)32-26-18-25(29(3,4)5)33-35(26)22-15-16-23(30)24(31)17-22/h11-18H,6-10,19H2,1-5H3,(H,32,36). The summed E-state index contributed by atoms with van der Waals surface area (Å²) in [6, 6.07) is 14.7. The van der Waals surface area contributed by atoms with Crippen LogP contribution in [0.15, 0.2) is 48.5 Å². The number of hydrogen-bond acceptors (Lipinski definition) is 3. The second-order valence-electron chi connectivity index (χ2n) is 10.2. The first-order chi connectivity index (χ1) is 17.5. The zero-order valence-electron chi connectivity index (χ0n) is 22.3. The number of amides is 2. The van der Waals surface area contributed by atoms with Gasteiger partial charge in [0.25, 0.3) is 5.91 Å². The zero-order chi connectivity index (χ0) is 27.2. The molecule has 37 heavy (non-hydrogen) atoms. The van der Waals surface area contributed by atoms with Crippen LogP contribution in [0.2, 0.25) is 10.0 Å². The Bertz CT molecular complexity index is 1230. The summed E-state index contributed by atoms with van der Waals surface area (Å²) < 4.78 is 1.63. The van der Waals surface area contributed by atoms with Gasteiger partial charge in [0, 0.05) is 23.6 Å². The van der Waals surface area contributed by atoms with Crippen molar-refractivity contribution in [1.29, 1.82) is 0 Å². The van der Waals surface area contributed by atoms with Crippen LogP contribution >= 0.6 is 23.2 Å². The quantitative estimate of drug-likeness (QED) is 0.273. The van der Waals surface area contributed by atoms with Crippen LogP contribution in [0.3, 0.4) is 0 Å². The third-order valence-corrected chi connectivity index (χ3v) is 6.91. The van der Waals surface area contributed by atoms with Gasteiger partial charge in [-0.2, -0.15) is 5.10 Å². The zero-order valence-corrected chi connectivity index (χ0v) is 23.8. The van der Waals surface area contributed by atoms with E-state index in [2.05, 4.69) is 12.2 Å². The first-order valence-electron chi connectivity index (χ1n) is 12.8. The van der Waals surface area contributed by atoms with Crippen molar-refractivity contribution in [3.8, 4) is 5.69 Å². The molecule has 6 nitrogen and oxygen atoms in total. The molecule has 1 N–H and O–H groups in total. The maximum Gasteiger partial charge on any atom is 0.254 e. The minimum atomic E-state index is -0.312. The molecule has 0 aliphatic carbocycles. The summed E-state index contributed by atoms with van der Waals surface area (Å²) in [6.07, 6.45) is 4.52. The summed E-state index contributed by atoms with van der Waals surface area (Å²) in [5.41, 5.74) is 3.02. The Kier molecular flexibility index (Phi) is 9.80. The van der Waals surface area contributed by atoms with Gasteiger partial charge in [0.2, 0.25) is 5.91 Å². The molecule has 0 aliphatic rings. The molecule has 2 amide bonds. The van der Waals surface area contributed by atoms with Gasteiger partial charge in [-0.1, -0.05) is 75.9 Å². The molecular formula is C29H36Cl2N4O2. The summed E-state index contributed by atoms with van der Waals surface area (Å²) in [5, 5.41) is 8.48. The fourth-order valence-electron chi connectivity index (χ4n) is 3.91. The van der Waals surface area contributed by atoms with Crippen LogP contribution in [0, 0.1) is 0 Å². The highest BCUT2D eigenvalue weighted by Crippen LogP contribution is 2.29. The van der Waals surface area contributed by atoms with Crippen LogP contribution in [-0.4, -0.2) is 39.6 Å². The normalized spacial score (nSPS) is 11.4. The molecule has 0 saturated carbocycles. The van der Waals surface area contributed by atoms with Crippen molar-refractivity contribution in [3.05, 3.63) is 75.4 Å². The lowest BCUT2D eigenvalue weighted by atomic mass is 9.92. The summed E-state index contributed by atoms with van der Waals surface area (Å²) in [4.78, 5) is 27.8. The Morgan fingerprint density at radius 3 is 2.27 bits per heavy atom. The number of nitrogens with one attached hydrogen (secondary N) is 1. The molecule has 1 aromatic heterocycles. The monoisotopic (exact) mass is 542 g/mol. The number of carbonyl (C=O) groups is 2. The van der Waals surface area contributed by atoms with Crippen molar-refractivity contribution in [3.63, 3.8) is 0 Å². The van der Waals surface area contributed by atoms with E-state index in [0.29, 0.717) is 33.7 Å². The average molecular weight is 544 g/mol. The van der Waals surface area contributed by atoms with Crippen LogP contribution < -0.4 is 5.32 Å². The van der Waals surface area contributed by atoms with Gasteiger partial charge in [-0.15, -0.1) is 0 Å². The minimum absolute atomic E-state index is 0.0784. The SMILES string of the molecule is CCCCCc1ccc(C(=O)N(CC)CC(=O)Nc2cc(C(C)(C)C)nn2-c2ccc(Cl)c(Cl)c2)cc1. The fraction of sp³-hybridized carbons (Fsp3) is 0.414. The van der Waals surface area contributed by atoms with Crippen molar-refractivity contribution in [1.82, 2.24) is 14.7 Å². The maximum absolute atomic E-state index is 13.1. The van der Waals surface area contributed by atoms with Crippen LogP contribution in [0.1, 0.15) is 75.5 Å². The van der Waals surface area contributed by atoms with Crippen LogP contribution in [-0.2, 0) is 16.6 Å². The fourth-order valence-corrected chi connectivity index (χ4v) is 4.20. The summed E-state index contributed by atoms with van der Waals surface area (Å²) >= 11 is 12.3. The first-order valence-corrected chi connectivity index (χ1v) is 13.5. The van der Waals surface area contributed by atoms with Gasteiger partial charge in [-0.25, -0.2) is 4.68 Å². The number of unbranched alkanes of at least 4 members (excludes halogenated alkanes) is 2. The third kappa shape index (κ3) is 7.59. The number of hydrogen-bond donors (Lipinski definition) is 1. The predicted molar refractivity (Wildman–Crippen MR) is 152 cm³/mol. The second kappa shape index (κ2) is 12.6. The Hall–Kier alpha value is -2.83. The first kappa shape index (κ1) is 28.7. The second-order valence-corrected chi connectivity index (χ2v) is 11.0. The van der Waals surface area contributed by atoms with Gasteiger partial charge < -0.3 is 10.2 Å². The number of aryl methyl sites for hydroxylation is 1. The number of anilines is 1. The number of carbonyl (C=O) groups excluding carboxylic acids is 2. The molecule has 3 rings (SSSR count). The van der Waals surface area contributed by atoms with E-state index < -0.39 is 0 Å². The van der Waals surface area contributed by atoms with Crippen molar-refractivity contribution in [2.24, 2.45) is 0 Å². The predicted octanol–water partition coefficient (Wildman–Crippen LogP) is 7.31. The molecule has 0 unspecified atom stereocenters. The summed E-state index contributed by atoms with van der Waals surface area (Å²) in [7, 11) is 0. The van der Waals surface area contributed by atoms with Crippen LogP contribution in [0.4, 0.5) is 5.82 Å². The van der Waals surface area contributed by atoms with Gasteiger partial charge in [-0.05, 0) is 55.7 Å². The molecule has 0 aliphatic heterocycles. The number of nitrogens with zero attached hydrogens (tertiary/aromatic N) is 3. The molecule has 0 spiro atoms. The van der Waals surface area contributed by atoms with Crippen LogP contribution in [0.25, 0.3) is 5.69 Å². The molecule has 2 aromatic carbocycles. The number of likely N-dealkylation sites (N-methyl/N-ethyl adjacent to an activating group) is 1. The molecule has 0 bridgehead atoms. The van der Waals surface area contributed by atoms with E-state index in [-0.39, 0.29) is 23.8 Å². The lowest BCUT2D eigenvalue weighted by Gasteiger charge is -2.21. The molecule has 0 fully saturated rings. The topological polar surface area (TPSA) is 67.2 Å². The molecule has 8 heteroatoms. The molecule has 1 heterocycles. The van der Waals surface area contributed by atoms with Crippen LogP contribution in [0.5, 0.6) is 0 Å². The van der Waals surface area contributed by atoms with Crippen molar-refractivity contribution in [2.45, 2.75) is 65.7 Å². The lowest BCUT2D eigenvalue weighted by Crippen LogP contribution is -2.38. The van der Waals surface area contributed by atoms with Crippen molar-refractivity contribution in [2.75, 3.05) is 18.4 Å². The Morgan fingerprint density at radius 1 is 0.973 bits per heavy atom. The van der Waals surface area contributed by atoms with E-state index in [1.54, 1.807) is 22.9 Å². The van der Waals surface area contributed by atoms with E-state index in [1.807, 2.05) is 58.0 Å². The van der Waals surface area contributed by atoms with Gasteiger partial charge in [-0.3, -0.25) is 9.59 Å². The minimum Gasteiger partial charge on any atom is -0.330 e. The Balaban J connectivity index is 1.76. The molecule has 3 aromatic rings. The molecular weight excluding hydrogens is 507 g/mol. The van der Waals surface area contributed by atoms with Crippen molar-refractivity contribution >= 4 is 40.8 Å². The van der Waals surface area contributed by atoms with E-state index in [0.717, 1.165) is 18.5 Å². The van der Waals surface area contributed by atoms with E-state index >= 15 is 0 Å². The van der Waals surface area contributed by atoms with Gasteiger partial charge in [0.1, 0.15) is 12.4 Å². The van der Waals surface area contributed by atoms with E-state index in [1.165, 1.54) is 23.3 Å². The van der Waals surface area contributed by atoms with E-state index in [4.69, 9.17) is 28.3 Å². The number of rotatable bonds is 10. The summed E-state index contributed by atoms with van der Waals surface area (Å²) in [6.45, 7) is 10.5. The smallest absolute Gasteiger partial charge is 0.254 e. The Labute approximate surface area is 230 Å². The number of aromatic nitrogens is 2. The molecule has 0 radical (unpaired) electrons. The number of halogens is 2. The Morgan fingerprint density at radius 2 is 1.68 bits per heavy atom. The molecule has 0 saturated heterocycles. The third-order valence-electron chi connectivity index (χ3n) is 6.17. The highest BCUT2D eigenvalue weighted by Gasteiger charge is 2.23. The van der Waals surface area contributed by atoms with Gasteiger partial charge in [0.05, 0.1) is 21.4 Å². The largest absolute Gasteiger partial charge is 0.330 e. The van der Waals surface area contributed by atoms with E-state index in [9.17, 15) is 9.59 Å². The van der Waals surface area contributed by atoms with Crippen molar-refractivity contribution < 1.29 is 9.59 Å². The maximum atomic E-state index is 13.1. The molecule has 198 valence electrons. The molecule has 0 atom stereocenters. The average Bonchev–Trinajstić information content (AvgIpc) is 3.28.